The van der Waals surface area contributed by atoms with E-state index in [1.807, 2.05) is 33.8 Å². The lowest BCUT2D eigenvalue weighted by atomic mass is 10.1. The topological polar surface area (TPSA) is 79.5 Å². The molecule has 7 heteroatoms. The van der Waals surface area contributed by atoms with Crippen LogP contribution in [0, 0.1) is 5.92 Å². The molecule has 2 rings (SSSR count). The van der Waals surface area contributed by atoms with Gasteiger partial charge in [0, 0.05) is 17.3 Å². The Balaban J connectivity index is 1.96. The zero-order valence-corrected chi connectivity index (χ0v) is 18.6. The maximum Gasteiger partial charge on any atom is 0.261 e. The molecule has 1 unspecified atom stereocenters. The van der Waals surface area contributed by atoms with Gasteiger partial charge < -0.3 is 15.4 Å². The molecule has 160 valence electrons. The molecule has 2 aromatic carbocycles. The molecule has 1 atom stereocenters. The number of hydrogen-bond acceptors (Lipinski definition) is 4. The van der Waals surface area contributed by atoms with Crippen molar-refractivity contribution in [1.82, 2.24) is 10.6 Å². The predicted octanol–water partition coefficient (Wildman–Crippen LogP) is 4.38. The molecule has 0 fully saturated rings. The van der Waals surface area contributed by atoms with Gasteiger partial charge in [0.2, 0.25) is 0 Å². The molecule has 0 saturated heterocycles. The van der Waals surface area contributed by atoms with E-state index < -0.39 is 0 Å². The standard InChI is InChI=1S/C23H29N3O3S/c1-5-16(4)24-21(27)17-10-12-18(13-11-17)25-23(30)26-22(28)19-8-6-7-9-20(19)29-14-15(2)3/h6-13,15-16H,5,14H2,1-4H3,(H,24,27)(H2,25,26,28,30). The van der Waals surface area contributed by atoms with Gasteiger partial charge in [-0.05, 0) is 67.9 Å². The Labute approximate surface area is 183 Å². The van der Waals surface area contributed by atoms with Crippen LogP contribution in [0.2, 0.25) is 0 Å². The lowest BCUT2D eigenvalue weighted by molar-refractivity contribution is 0.0937. The molecule has 3 N–H and O–H groups in total. The van der Waals surface area contributed by atoms with Crippen molar-refractivity contribution in [3.63, 3.8) is 0 Å². The van der Waals surface area contributed by atoms with Crippen LogP contribution >= 0.6 is 12.2 Å². The number of amides is 2. The summed E-state index contributed by atoms with van der Waals surface area (Å²) in [5.41, 5.74) is 1.65. The highest BCUT2D eigenvalue weighted by molar-refractivity contribution is 7.80. The summed E-state index contributed by atoms with van der Waals surface area (Å²) in [5.74, 6) is 0.392. The summed E-state index contributed by atoms with van der Waals surface area (Å²) < 4.78 is 5.73. The Bertz CT molecular complexity index is 882. The molecule has 0 aliphatic rings. The smallest absolute Gasteiger partial charge is 0.261 e. The molecule has 30 heavy (non-hydrogen) atoms. The number of rotatable bonds is 8. The van der Waals surface area contributed by atoms with Gasteiger partial charge in [-0.1, -0.05) is 32.9 Å². The Morgan fingerprint density at radius 3 is 2.30 bits per heavy atom. The van der Waals surface area contributed by atoms with Gasteiger partial charge in [0.1, 0.15) is 5.75 Å². The number of carbonyl (C=O) groups excluding carboxylic acids is 2. The molecule has 6 nitrogen and oxygen atoms in total. The lowest BCUT2D eigenvalue weighted by Gasteiger charge is -2.14. The van der Waals surface area contributed by atoms with Crippen LogP contribution in [0.1, 0.15) is 54.8 Å². The van der Waals surface area contributed by atoms with E-state index >= 15 is 0 Å². The van der Waals surface area contributed by atoms with Gasteiger partial charge in [-0.3, -0.25) is 14.9 Å². The molecule has 0 saturated carbocycles. The van der Waals surface area contributed by atoms with E-state index in [-0.39, 0.29) is 23.0 Å². The Kier molecular flexibility index (Phi) is 8.80. The van der Waals surface area contributed by atoms with E-state index in [0.29, 0.717) is 35.1 Å². The average molecular weight is 428 g/mol. The molecule has 0 aromatic heterocycles. The summed E-state index contributed by atoms with van der Waals surface area (Å²) in [5, 5.41) is 8.70. The number of benzene rings is 2. The van der Waals surface area contributed by atoms with Crippen LogP contribution in [0.15, 0.2) is 48.5 Å². The van der Waals surface area contributed by atoms with Crippen molar-refractivity contribution in [2.24, 2.45) is 5.92 Å². The highest BCUT2D eigenvalue weighted by Gasteiger charge is 2.14. The first-order valence-corrected chi connectivity index (χ1v) is 10.5. The zero-order valence-electron chi connectivity index (χ0n) is 17.8. The third-order valence-electron chi connectivity index (χ3n) is 4.33. The fourth-order valence-corrected chi connectivity index (χ4v) is 2.69. The van der Waals surface area contributed by atoms with Crippen LogP contribution < -0.4 is 20.7 Å². The summed E-state index contributed by atoms with van der Waals surface area (Å²) in [6.45, 7) is 8.58. The second-order valence-corrected chi connectivity index (χ2v) is 7.88. The van der Waals surface area contributed by atoms with Crippen molar-refractivity contribution in [1.29, 1.82) is 0 Å². The quantitative estimate of drug-likeness (QED) is 0.545. The third-order valence-corrected chi connectivity index (χ3v) is 4.53. The second kappa shape index (κ2) is 11.3. The summed E-state index contributed by atoms with van der Waals surface area (Å²) in [6.07, 6.45) is 0.866. The Hall–Kier alpha value is -2.93. The number of para-hydroxylation sites is 1. The highest BCUT2D eigenvalue weighted by atomic mass is 32.1. The SMILES string of the molecule is CCC(C)NC(=O)c1ccc(NC(=S)NC(=O)c2ccccc2OCC(C)C)cc1. The van der Waals surface area contributed by atoms with Crippen molar-refractivity contribution >= 4 is 34.8 Å². The lowest BCUT2D eigenvalue weighted by Crippen LogP contribution is -2.34. The van der Waals surface area contributed by atoms with Crippen LogP contribution in [-0.2, 0) is 0 Å². The molecule has 0 aliphatic carbocycles. The summed E-state index contributed by atoms with van der Waals surface area (Å²) in [6, 6.07) is 14.1. The number of carbonyl (C=O) groups is 2. The zero-order chi connectivity index (χ0) is 22.1. The van der Waals surface area contributed by atoms with Crippen molar-refractivity contribution < 1.29 is 14.3 Å². The van der Waals surface area contributed by atoms with Gasteiger partial charge in [0.15, 0.2) is 5.11 Å². The fraction of sp³-hybridized carbons (Fsp3) is 0.348. The molecular weight excluding hydrogens is 398 g/mol. The van der Waals surface area contributed by atoms with Crippen LogP contribution in [0.5, 0.6) is 5.75 Å². The van der Waals surface area contributed by atoms with Crippen LogP contribution in [-0.4, -0.2) is 29.6 Å². The maximum absolute atomic E-state index is 12.6. The van der Waals surface area contributed by atoms with Crippen molar-refractivity contribution in [2.45, 2.75) is 40.2 Å². The van der Waals surface area contributed by atoms with Gasteiger partial charge in [-0.25, -0.2) is 0 Å². The van der Waals surface area contributed by atoms with Gasteiger partial charge in [0.25, 0.3) is 11.8 Å². The van der Waals surface area contributed by atoms with E-state index in [2.05, 4.69) is 16.0 Å². The second-order valence-electron chi connectivity index (χ2n) is 7.47. The Morgan fingerprint density at radius 2 is 1.67 bits per heavy atom. The van der Waals surface area contributed by atoms with Crippen molar-refractivity contribution in [2.75, 3.05) is 11.9 Å². The first-order chi connectivity index (χ1) is 14.3. The minimum atomic E-state index is -0.351. The average Bonchev–Trinajstić information content (AvgIpc) is 2.72. The van der Waals surface area contributed by atoms with E-state index in [9.17, 15) is 9.59 Å². The van der Waals surface area contributed by atoms with E-state index in [1.54, 1.807) is 42.5 Å². The van der Waals surface area contributed by atoms with Crippen molar-refractivity contribution in [3.8, 4) is 5.75 Å². The van der Waals surface area contributed by atoms with Gasteiger partial charge in [0.05, 0.1) is 12.2 Å². The van der Waals surface area contributed by atoms with E-state index in [0.717, 1.165) is 6.42 Å². The number of thiocarbonyl (C=S) groups is 1. The minimum Gasteiger partial charge on any atom is -0.492 e. The summed E-state index contributed by atoms with van der Waals surface area (Å²) in [4.78, 5) is 24.8. The number of anilines is 1. The third kappa shape index (κ3) is 7.15. The maximum atomic E-state index is 12.6. The number of hydrogen-bond donors (Lipinski definition) is 3. The van der Waals surface area contributed by atoms with E-state index in [1.165, 1.54) is 0 Å². The summed E-state index contributed by atoms with van der Waals surface area (Å²) in [7, 11) is 0. The Morgan fingerprint density at radius 1 is 1.00 bits per heavy atom. The number of nitrogens with one attached hydrogen (secondary N) is 3. The molecule has 0 spiro atoms. The van der Waals surface area contributed by atoms with Gasteiger partial charge >= 0.3 is 0 Å². The first kappa shape index (κ1) is 23.3. The minimum absolute atomic E-state index is 0.116. The first-order valence-electron chi connectivity index (χ1n) is 10.0. The molecular formula is C23H29N3O3S. The predicted molar refractivity (Wildman–Crippen MR) is 124 cm³/mol. The molecule has 0 radical (unpaired) electrons. The molecule has 0 aliphatic heterocycles. The monoisotopic (exact) mass is 427 g/mol. The van der Waals surface area contributed by atoms with Crippen LogP contribution in [0.3, 0.4) is 0 Å². The molecule has 2 amide bonds. The van der Waals surface area contributed by atoms with E-state index in [4.69, 9.17) is 17.0 Å². The van der Waals surface area contributed by atoms with Crippen molar-refractivity contribution in [3.05, 3.63) is 59.7 Å². The largest absolute Gasteiger partial charge is 0.492 e. The van der Waals surface area contributed by atoms with Gasteiger partial charge in [-0.2, -0.15) is 0 Å². The normalized spacial score (nSPS) is 11.5. The number of ether oxygens (including phenoxy) is 1. The molecule has 0 bridgehead atoms. The summed E-state index contributed by atoms with van der Waals surface area (Å²) >= 11 is 5.26. The fourth-order valence-electron chi connectivity index (χ4n) is 2.48. The van der Waals surface area contributed by atoms with Crippen LogP contribution in [0.4, 0.5) is 5.69 Å². The van der Waals surface area contributed by atoms with Gasteiger partial charge in [-0.15, -0.1) is 0 Å². The molecule has 0 heterocycles. The van der Waals surface area contributed by atoms with Crippen LogP contribution in [0.25, 0.3) is 0 Å². The molecule has 2 aromatic rings. The highest BCUT2D eigenvalue weighted by Crippen LogP contribution is 2.19.